The number of nitro benzene ring substituents is 3. The lowest BCUT2D eigenvalue weighted by Crippen LogP contribution is -2.01. The van der Waals surface area contributed by atoms with Gasteiger partial charge in [0.1, 0.15) is 33.4 Å². The fourth-order valence-corrected chi connectivity index (χ4v) is 6.44. The number of fused-ring (bicyclic) bond motifs is 1. The molecule has 0 aliphatic rings. The lowest BCUT2D eigenvalue weighted by Gasteiger charge is -2.12. The van der Waals surface area contributed by atoms with Crippen LogP contribution in [-0.2, 0) is 20.2 Å². The van der Waals surface area contributed by atoms with E-state index in [9.17, 15) is 76.7 Å². The molecule has 0 heterocycles. The van der Waals surface area contributed by atoms with Gasteiger partial charge in [-0.25, -0.2) is 0 Å². The highest BCUT2D eigenvalue weighted by Gasteiger charge is 2.26. The second-order valence-electron chi connectivity index (χ2n) is 12.3. The van der Waals surface area contributed by atoms with Crippen LogP contribution in [0.15, 0.2) is 142 Å². The van der Waals surface area contributed by atoms with Crippen molar-refractivity contribution in [3.8, 4) is 23.0 Å². The number of phenolic OH excluding ortho intramolecular Hbond substituents is 4. The molecule has 6 N–H and O–H groups in total. The summed E-state index contributed by atoms with van der Waals surface area (Å²) in [6, 6.07) is 14.2. The average Bonchev–Trinajstić information content (AvgIpc) is 3.22. The third kappa shape index (κ3) is 9.65. The number of rotatable bonds is 13. The van der Waals surface area contributed by atoms with Gasteiger partial charge in [0, 0.05) is 42.5 Å². The minimum atomic E-state index is -5.32. The summed E-state index contributed by atoms with van der Waals surface area (Å²) in [7, 11) is -10.5. The quantitative estimate of drug-likeness (QED) is 0.0272. The maximum absolute atomic E-state index is 12.5. The second kappa shape index (κ2) is 17.1. The van der Waals surface area contributed by atoms with Crippen LogP contribution in [-0.4, -0.2) is 61.1 Å². The topological polar surface area (TPSA) is 418 Å². The van der Waals surface area contributed by atoms with Crippen LogP contribution in [0.4, 0.5) is 62.6 Å². The van der Waals surface area contributed by atoms with Gasteiger partial charge in [0.2, 0.25) is 0 Å². The first-order valence-electron chi connectivity index (χ1n) is 16.6. The lowest BCUT2D eigenvalue weighted by atomic mass is 10.1. The first-order valence-corrected chi connectivity index (χ1v) is 19.5. The van der Waals surface area contributed by atoms with Crippen LogP contribution in [0.2, 0.25) is 0 Å². The van der Waals surface area contributed by atoms with E-state index in [1.54, 1.807) is 0 Å². The molecule has 29 heteroatoms. The van der Waals surface area contributed by atoms with Gasteiger partial charge in [-0.2, -0.15) is 27.1 Å². The fourth-order valence-electron chi connectivity index (χ4n) is 5.25. The Bertz CT molecular complexity index is 3250. The maximum Gasteiger partial charge on any atom is 0.296 e. The van der Waals surface area contributed by atoms with Gasteiger partial charge < -0.3 is 20.4 Å². The molecule has 320 valence electrons. The molecule has 0 atom stereocenters. The number of non-ortho nitro benzene ring substituents is 3. The van der Waals surface area contributed by atoms with Gasteiger partial charge in [-0.15, -0.1) is 30.7 Å². The van der Waals surface area contributed by atoms with Crippen molar-refractivity contribution in [1.82, 2.24) is 0 Å². The Balaban J connectivity index is 1.56. The molecule has 0 saturated heterocycles. The standard InChI is InChI=1S/C34H21N11O16S2/c46-27-10-9-21(45(54)55)13-23(27)37-42-31-32(47)25(39-35-17-1-5-19(6-2-17)43(50)51)15-26(33(31)48)40-38-24-14-22(62(56,57)58)11-16-12-28(63(59,60)61)30(34(49)29(16)24)41-36-18-3-7-20(8-4-18)44(52)53/h1-15,46-49H,(H,56,57,58)(H,59,60,61). The number of hydrogen-bond donors (Lipinski definition) is 6. The normalized spacial score (nSPS) is 12.3. The molecular formula is C34H21N11O16S2. The van der Waals surface area contributed by atoms with Crippen LogP contribution in [0.3, 0.4) is 0 Å². The third-order valence-electron chi connectivity index (χ3n) is 8.24. The van der Waals surface area contributed by atoms with Gasteiger partial charge >= 0.3 is 0 Å². The van der Waals surface area contributed by atoms with Crippen LogP contribution in [0.5, 0.6) is 23.0 Å². The Morgan fingerprint density at radius 1 is 0.444 bits per heavy atom. The van der Waals surface area contributed by atoms with E-state index in [-0.39, 0.29) is 22.7 Å². The summed E-state index contributed by atoms with van der Waals surface area (Å²) in [6.45, 7) is 0. The average molecular weight is 904 g/mol. The zero-order chi connectivity index (χ0) is 46.0. The highest BCUT2D eigenvalue weighted by Crippen LogP contribution is 2.52. The van der Waals surface area contributed by atoms with Gasteiger partial charge in [-0.1, -0.05) is 0 Å². The first kappa shape index (κ1) is 43.8. The summed E-state index contributed by atoms with van der Waals surface area (Å²) in [5.74, 6) is -3.83. The molecule has 6 aromatic rings. The van der Waals surface area contributed by atoms with E-state index in [0.29, 0.717) is 18.2 Å². The molecule has 63 heavy (non-hydrogen) atoms. The minimum absolute atomic E-state index is 0.00397. The molecule has 0 amide bonds. The number of phenols is 4. The van der Waals surface area contributed by atoms with E-state index in [2.05, 4.69) is 40.9 Å². The molecule has 0 unspecified atom stereocenters. The summed E-state index contributed by atoms with van der Waals surface area (Å²) >= 11 is 0. The van der Waals surface area contributed by atoms with Crippen LogP contribution in [0, 0.1) is 30.3 Å². The van der Waals surface area contributed by atoms with E-state index in [0.717, 1.165) is 60.7 Å². The summed E-state index contributed by atoms with van der Waals surface area (Å²) in [4.78, 5) is 29.1. The number of aromatic hydroxyl groups is 4. The van der Waals surface area contributed by atoms with Gasteiger partial charge in [0.25, 0.3) is 37.3 Å². The van der Waals surface area contributed by atoms with Gasteiger partial charge in [-0.05, 0) is 53.9 Å². The fraction of sp³-hybridized carbons (Fsp3) is 0. The van der Waals surface area contributed by atoms with Crippen molar-refractivity contribution in [2.45, 2.75) is 9.79 Å². The van der Waals surface area contributed by atoms with Crippen molar-refractivity contribution in [3.05, 3.63) is 121 Å². The zero-order valence-corrected chi connectivity index (χ0v) is 32.3. The predicted octanol–water partition coefficient (Wildman–Crippen LogP) is 9.54. The predicted molar refractivity (Wildman–Crippen MR) is 213 cm³/mol. The van der Waals surface area contributed by atoms with Crippen molar-refractivity contribution in [1.29, 1.82) is 0 Å². The Labute approximate surface area is 349 Å². The molecule has 0 fully saturated rings. The summed E-state index contributed by atoms with van der Waals surface area (Å²) in [5, 5.41) is 107. The van der Waals surface area contributed by atoms with Crippen molar-refractivity contribution in [2.24, 2.45) is 40.9 Å². The molecule has 27 nitrogen and oxygen atoms in total. The molecule has 0 radical (unpaired) electrons. The molecule has 0 spiro atoms. The lowest BCUT2D eigenvalue weighted by molar-refractivity contribution is -0.385. The molecular weight excluding hydrogens is 883 g/mol. The monoisotopic (exact) mass is 903 g/mol. The third-order valence-corrected chi connectivity index (χ3v) is 9.94. The van der Waals surface area contributed by atoms with Crippen molar-refractivity contribution >= 4 is 93.6 Å². The first-order chi connectivity index (χ1) is 29.6. The Kier molecular flexibility index (Phi) is 11.8. The summed E-state index contributed by atoms with van der Waals surface area (Å²) in [6.07, 6.45) is 0. The van der Waals surface area contributed by atoms with Crippen molar-refractivity contribution < 1.29 is 61.1 Å². The van der Waals surface area contributed by atoms with Gasteiger partial charge in [0.15, 0.2) is 22.9 Å². The Morgan fingerprint density at radius 2 is 0.905 bits per heavy atom. The van der Waals surface area contributed by atoms with Crippen molar-refractivity contribution in [2.75, 3.05) is 0 Å². The van der Waals surface area contributed by atoms with Crippen LogP contribution in [0.25, 0.3) is 10.8 Å². The number of nitro groups is 3. The number of azo groups is 4. The summed E-state index contributed by atoms with van der Waals surface area (Å²) in [5.41, 5.74) is -5.69. The number of benzene rings is 6. The van der Waals surface area contributed by atoms with Crippen LogP contribution in [0.1, 0.15) is 0 Å². The molecule has 0 bridgehead atoms. The maximum atomic E-state index is 12.5. The molecule has 6 rings (SSSR count). The highest BCUT2D eigenvalue weighted by atomic mass is 32.2. The summed E-state index contributed by atoms with van der Waals surface area (Å²) < 4.78 is 69.6. The minimum Gasteiger partial charge on any atom is -0.506 e. The van der Waals surface area contributed by atoms with E-state index in [1.165, 1.54) is 12.1 Å². The molecule has 0 aliphatic carbocycles. The molecule has 6 aromatic carbocycles. The number of hydrogen-bond acceptors (Lipinski definition) is 22. The highest BCUT2D eigenvalue weighted by molar-refractivity contribution is 7.86. The molecule has 0 aromatic heterocycles. The van der Waals surface area contributed by atoms with Crippen LogP contribution >= 0.6 is 0 Å². The molecule has 0 aliphatic heterocycles. The largest absolute Gasteiger partial charge is 0.506 e. The Morgan fingerprint density at radius 3 is 1.41 bits per heavy atom. The van der Waals surface area contributed by atoms with Gasteiger partial charge in [-0.3, -0.25) is 39.4 Å². The van der Waals surface area contributed by atoms with E-state index in [4.69, 9.17) is 0 Å². The van der Waals surface area contributed by atoms with Gasteiger partial charge in [0.05, 0.1) is 42.1 Å². The van der Waals surface area contributed by atoms with E-state index in [1.807, 2.05) is 0 Å². The van der Waals surface area contributed by atoms with Crippen molar-refractivity contribution in [3.63, 3.8) is 0 Å². The van der Waals surface area contributed by atoms with E-state index < -0.39 is 118 Å². The Hall–Kier alpha value is -8.80. The second-order valence-corrected chi connectivity index (χ2v) is 15.1. The number of nitrogens with zero attached hydrogens (tertiary/aromatic N) is 11. The van der Waals surface area contributed by atoms with E-state index >= 15 is 0 Å². The molecule has 0 saturated carbocycles. The SMILES string of the molecule is O=[N+]([O-])c1ccc(N=Nc2cc(N=Nc3cc(S(=O)(=O)O)cc4cc(S(=O)(=O)O)c(N=Nc5ccc([N+](=O)[O-])cc5)c(O)c34)c(O)c(N=Nc3cc([N+](=O)[O-])ccc3O)c2O)cc1. The van der Waals surface area contributed by atoms with Crippen LogP contribution < -0.4 is 0 Å². The smallest absolute Gasteiger partial charge is 0.296 e. The zero-order valence-electron chi connectivity index (χ0n) is 30.7.